The Bertz CT molecular complexity index is 789. The van der Waals surface area contributed by atoms with Crippen LogP contribution in [0.25, 0.3) is 0 Å². The number of hydrogen-bond acceptors (Lipinski definition) is 5. The van der Waals surface area contributed by atoms with Gasteiger partial charge in [0.15, 0.2) is 5.70 Å². The number of hydrogen-bond donors (Lipinski definition) is 1. The van der Waals surface area contributed by atoms with Gasteiger partial charge in [0, 0.05) is 5.57 Å². The lowest BCUT2D eigenvalue weighted by atomic mass is 10.1. The topological polar surface area (TPSA) is 83.1 Å². The number of ether oxygens (including phenoxy) is 3. The third-order valence-corrected chi connectivity index (χ3v) is 3.65. The molecule has 0 bridgehead atoms. The lowest BCUT2D eigenvalue weighted by Crippen LogP contribution is -2.17. The van der Waals surface area contributed by atoms with Crippen molar-refractivity contribution in [1.29, 1.82) is 0 Å². The summed E-state index contributed by atoms with van der Waals surface area (Å²) in [5.74, 6) is -0.756. The Labute approximate surface area is 159 Å². The summed E-state index contributed by atoms with van der Waals surface area (Å²) in [6.45, 7) is 5.02. The highest BCUT2D eigenvalue weighted by atomic mass is 35.5. The largest absolute Gasteiger partial charge is 0.489 e. The first-order valence-electron chi connectivity index (χ1n) is 7.36. The standard InChI is InChI=1S/C17H18ClF3N2O4/c1-9(14(15(24)25-3)23-16(22)26-4)10(2)27-8-11-5-6-12(13(18)7-11)17(19,20)21/h5-7H,2,8H2,1,3-4H3,(H2,22,23)/b14-9-. The number of benzene rings is 1. The number of nitrogens with zero attached hydrogens (tertiary/aromatic N) is 1. The number of esters is 1. The normalized spacial score (nSPS) is 12.9. The molecule has 0 aliphatic heterocycles. The summed E-state index contributed by atoms with van der Waals surface area (Å²) in [5, 5.41) is -0.450. The minimum atomic E-state index is -4.55. The van der Waals surface area contributed by atoms with Gasteiger partial charge in [-0.05, 0) is 24.6 Å². The van der Waals surface area contributed by atoms with Gasteiger partial charge in [-0.15, -0.1) is 0 Å². The Morgan fingerprint density at radius 2 is 1.93 bits per heavy atom. The van der Waals surface area contributed by atoms with Crippen molar-refractivity contribution in [2.24, 2.45) is 10.7 Å². The number of alkyl halides is 3. The van der Waals surface area contributed by atoms with Crippen LogP contribution in [0, 0.1) is 0 Å². The van der Waals surface area contributed by atoms with E-state index in [1.54, 1.807) is 0 Å². The molecule has 0 fully saturated rings. The molecule has 1 aromatic rings. The monoisotopic (exact) mass is 406 g/mol. The molecule has 148 valence electrons. The molecule has 6 nitrogen and oxygen atoms in total. The molecule has 0 aliphatic carbocycles. The number of allylic oxidation sites excluding steroid dienone is 1. The van der Waals surface area contributed by atoms with E-state index in [-0.39, 0.29) is 29.7 Å². The second-order valence-corrected chi connectivity index (χ2v) is 5.55. The number of carbonyl (C=O) groups excluding carboxylic acids is 1. The third-order valence-electron chi connectivity index (χ3n) is 3.34. The highest BCUT2D eigenvalue weighted by molar-refractivity contribution is 6.31. The van der Waals surface area contributed by atoms with Gasteiger partial charge in [0.1, 0.15) is 12.4 Å². The van der Waals surface area contributed by atoms with Crippen molar-refractivity contribution in [1.82, 2.24) is 0 Å². The smallest absolute Gasteiger partial charge is 0.417 e. The maximum atomic E-state index is 12.7. The molecule has 0 aliphatic rings. The van der Waals surface area contributed by atoms with Crippen LogP contribution in [0.3, 0.4) is 0 Å². The van der Waals surface area contributed by atoms with Gasteiger partial charge in [0.25, 0.3) is 6.02 Å². The van der Waals surface area contributed by atoms with Gasteiger partial charge < -0.3 is 19.9 Å². The van der Waals surface area contributed by atoms with Crippen molar-refractivity contribution in [2.75, 3.05) is 14.2 Å². The van der Waals surface area contributed by atoms with Crippen molar-refractivity contribution in [3.8, 4) is 0 Å². The first-order chi connectivity index (χ1) is 12.5. The van der Waals surface area contributed by atoms with Crippen molar-refractivity contribution < 1.29 is 32.2 Å². The molecule has 0 amide bonds. The summed E-state index contributed by atoms with van der Waals surface area (Å²) in [6, 6.07) is 2.94. The van der Waals surface area contributed by atoms with Gasteiger partial charge in [-0.25, -0.2) is 4.79 Å². The lowest BCUT2D eigenvalue weighted by molar-refractivity contribution is -0.137. The number of methoxy groups -OCH3 is 2. The van der Waals surface area contributed by atoms with Crippen LogP contribution in [-0.2, 0) is 31.8 Å². The highest BCUT2D eigenvalue weighted by Gasteiger charge is 2.33. The molecule has 0 spiro atoms. The molecular weight excluding hydrogens is 389 g/mol. The predicted octanol–water partition coefficient (Wildman–Crippen LogP) is 3.80. The Morgan fingerprint density at radius 1 is 1.30 bits per heavy atom. The maximum Gasteiger partial charge on any atom is 0.417 e. The van der Waals surface area contributed by atoms with Gasteiger partial charge >= 0.3 is 12.1 Å². The molecular formula is C17H18ClF3N2O4. The highest BCUT2D eigenvalue weighted by Crippen LogP contribution is 2.35. The Kier molecular flexibility index (Phi) is 7.71. The van der Waals surface area contributed by atoms with Crippen LogP contribution < -0.4 is 5.73 Å². The molecule has 2 N–H and O–H groups in total. The molecule has 0 radical (unpaired) electrons. The molecule has 0 atom stereocenters. The van der Waals surface area contributed by atoms with Crippen LogP contribution >= 0.6 is 11.6 Å². The van der Waals surface area contributed by atoms with Crippen LogP contribution in [0.4, 0.5) is 13.2 Å². The summed E-state index contributed by atoms with van der Waals surface area (Å²) in [7, 11) is 2.42. The van der Waals surface area contributed by atoms with Gasteiger partial charge in [-0.2, -0.15) is 18.2 Å². The van der Waals surface area contributed by atoms with Gasteiger partial charge in [-0.1, -0.05) is 24.2 Å². The number of aliphatic imine (C=N–C) groups is 1. The van der Waals surface area contributed by atoms with E-state index >= 15 is 0 Å². The summed E-state index contributed by atoms with van der Waals surface area (Å²) < 4.78 is 52.9. The lowest BCUT2D eigenvalue weighted by Gasteiger charge is -2.14. The van der Waals surface area contributed by atoms with Gasteiger partial charge in [0.05, 0.1) is 24.8 Å². The van der Waals surface area contributed by atoms with Crippen LogP contribution in [0.5, 0.6) is 0 Å². The molecule has 0 unspecified atom stereocenters. The van der Waals surface area contributed by atoms with Gasteiger partial charge in [0.2, 0.25) is 0 Å². The average Bonchev–Trinajstić information content (AvgIpc) is 2.61. The van der Waals surface area contributed by atoms with Crippen molar-refractivity contribution in [3.05, 3.63) is 58.0 Å². The zero-order valence-corrected chi connectivity index (χ0v) is 15.6. The fraction of sp³-hybridized carbons (Fsp3) is 0.294. The molecule has 10 heteroatoms. The molecule has 0 heterocycles. The number of rotatable bonds is 6. The molecule has 1 aromatic carbocycles. The van der Waals surface area contributed by atoms with E-state index in [0.717, 1.165) is 19.2 Å². The molecule has 0 saturated heterocycles. The number of nitrogens with two attached hydrogens (primary N) is 1. The van der Waals surface area contributed by atoms with Crippen molar-refractivity contribution in [3.63, 3.8) is 0 Å². The average molecular weight is 407 g/mol. The number of amidine groups is 1. The number of carbonyl (C=O) groups is 1. The third kappa shape index (κ3) is 6.21. The van der Waals surface area contributed by atoms with E-state index in [9.17, 15) is 18.0 Å². The predicted molar refractivity (Wildman–Crippen MR) is 93.7 cm³/mol. The fourth-order valence-electron chi connectivity index (χ4n) is 1.82. The minimum absolute atomic E-state index is 0.0408. The van der Waals surface area contributed by atoms with E-state index < -0.39 is 22.7 Å². The summed E-state index contributed by atoms with van der Waals surface area (Å²) >= 11 is 5.66. The fourth-order valence-corrected chi connectivity index (χ4v) is 2.13. The molecule has 0 aromatic heterocycles. The second kappa shape index (κ2) is 9.31. The molecule has 1 rings (SSSR count). The van der Waals surface area contributed by atoms with Crippen LogP contribution in [0.1, 0.15) is 18.1 Å². The van der Waals surface area contributed by atoms with Crippen LogP contribution in [0.2, 0.25) is 5.02 Å². The summed E-state index contributed by atoms with van der Waals surface area (Å²) in [4.78, 5) is 15.6. The Balaban J connectivity index is 3.00. The molecule has 0 saturated carbocycles. The summed E-state index contributed by atoms with van der Waals surface area (Å²) in [6.07, 6.45) is -4.55. The second-order valence-electron chi connectivity index (χ2n) is 5.14. The van der Waals surface area contributed by atoms with Gasteiger partial charge in [-0.3, -0.25) is 0 Å². The van der Waals surface area contributed by atoms with Crippen molar-refractivity contribution >= 4 is 23.6 Å². The van der Waals surface area contributed by atoms with E-state index in [4.69, 9.17) is 26.8 Å². The van der Waals surface area contributed by atoms with Crippen molar-refractivity contribution in [2.45, 2.75) is 19.7 Å². The first kappa shape index (κ1) is 22.4. The summed E-state index contributed by atoms with van der Waals surface area (Å²) in [5.41, 5.74) is 4.90. The van der Waals surface area contributed by atoms with E-state index in [1.165, 1.54) is 20.1 Å². The Morgan fingerprint density at radius 3 is 2.41 bits per heavy atom. The maximum absolute atomic E-state index is 12.7. The SMILES string of the molecule is C=C(OCc1ccc(C(F)(F)F)c(Cl)c1)/C(C)=C(\N=C(/N)OC)C(=O)OC. The Hall–Kier alpha value is -2.68. The first-order valence-corrected chi connectivity index (χ1v) is 7.74. The molecule has 27 heavy (non-hydrogen) atoms. The van der Waals surface area contributed by atoms with E-state index in [2.05, 4.69) is 16.3 Å². The quantitative estimate of drug-likeness (QED) is 0.194. The zero-order chi connectivity index (χ0) is 20.8. The number of halogens is 4. The van der Waals surface area contributed by atoms with E-state index in [0.29, 0.717) is 5.56 Å². The van der Waals surface area contributed by atoms with Crippen LogP contribution in [-0.4, -0.2) is 26.2 Å². The van der Waals surface area contributed by atoms with E-state index in [1.807, 2.05) is 0 Å². The van der Waals surface area contributed by atoms with Crippen LogP contribution in [0.15, 0.2) is 46.8 Å². The zero-order valence-electron chi connectivity index (χ0n) is 14.8. The minimum Gasteiger partial charge on any atom is -0.489 e.